The summed E-state index contributed by atoms with van der Waals surface area (Å²) in [4.78, 5) is 21.1. The quantitative estimate of drug-likeness (QED) is 0.266. The summed E-state index contributed by atoms with van der Waals surface area (Å²) in [6.07, 6.45) is 2.97. The van der Waals surface area contributed by atoms with E-state index in [4.69, 9.17) is 4.74 Å². The number of methoxy groups -OCH3 is 1. The van der Waals surface area contributed by atoms with E-state index < -0.39 is 0 Å². The molecule has 174 valence electrons. The molecule has 2 aliphatic heterocycles. The van der Waals surface area contributed by atoms with Crippen molar-refractivity contribution in [2.24, 2.45) is 22.7 Å². The Balaban J connectivity index is 0.00000341. The van der Waals surface area contributed by atoms with Gasteiger partial charge in [0.2, 0.25) is 0 Å². The molecule has 0 spiro atoms. The standard InChI is InChI=1S/C24H38N4O2.HI/c1-18-13-19(2)16-27(15-18)17-22-8-6-5-7-21(22)14-26-24(25-3)28-11-9-20(10-12-28)23(29)30-4;/h5-8,18-20H,9-17H2,1-4H3,(H,25,26);1H. The normalized spacial score (nSPS) is 23.2. The zero-order chi connectivity index (χ0) is 21.5. The van der Waals surface area contributed by atoms with Crippen molar-refractivity contribution in [3.8, 4) is 0 Å². The summed E-state index contributed by atoms with van der Waals surface area (Å²) < 4.78 is 4.90. The summed E-state index contributed by atoms with van der Waals surface area (Å²) in [5.41, 5.74) is 2.72. The molecule has 1 N–H and O–H groups in total. The predicted octanol–water partition coefficient (Wildman–Crippen LogP) is 3.74. The van der Waals surface area contributed by atoms with E-state index in [0.717, 1.165) is 56.8 Å². The molecular formula is C24H39IN4O2. The summed E-state index contributed by atoms with van der Waals surface area (Å²) in [6, 6.07) is 8.73. The number of halogens is 1. The Bertz CT molecular complexity index is 724. The first-order chi connectivity index (χ1) is 14.5. The zero-order valence-electron chi connectivity index (χ0n) is 19.5. The fraction of sp³-hybridized carbons (Fsp3) is 0.667. The fourth-order valence-corrected chi connectivity index (χ4v) is 5.05. The first kappa shape index (κ1) is 25.9. The molecule has 2 heterocycles. The molecule has 0 saturated carbocycles. The van der Waals surface area contributed by atoms with Crippen LogP contribution in [0, 0.1) is 17.8 Å². The van der Waals surface area contributed by atoms with Gasteiger partial charge < -0.3 is 15.0 Å². The van der Waals surface area contributed by atoms with Crippen molar-refractivity contribution >= 4 is 35.9 Å². The topological polar surface area (TPSA) is 57.2 Å². The van der Waals surface area contributed by atoms with Gasteiger partial charge >= 0.3 is 5.97 Å². The highest BCUT2D eigenvalue weighted by molar-refractivity contribution is 14.0. The molecule has 2 saturated heterocycles. The summed E-state index contributed by atoms with van der Waals surface area (Å²) in [5, 5.41) is 3.55. The highest BCUT2D eigenvalue weighted by atomic mass is 127. The van der Waals surface area contributed by atoms with Gasteiger partial charge in [-0.15, -0.1) is 24.0 Å². The van der Waals surface area contributed by atoms with Crippen molar-refractivity contribution in [2.45, 2.75) is 46.2 Å². The Morgan fingerprint density at radius 1 is 1.13 bits per heavy atom. The van der Waals surface area contributed by atoms with E-state index >= 15 is 0 Å². The summed E-state index contributed by atoms with van der Waals surface area (Å²) in [5.74, 6) is 2.37. The largest absolute Gasteiger partial charge is 0.469 e. The molecule has 0 amide bonds. The number of rotatable bonds is 5. The predicted molar refractivity (Wildman–Crippen MR) is 137 cm³/mol. The molecule has 0 radical (unpaired) electrons. The van der Waals surface area contributed by atoms with E-state index in [2.05, 4.69) is 58.2 Å². The minimum atomic E-state index is -0.0899. The van der Waals surface area contributed by atoms with Crippen LogP contribution in [-0.2, 0) is 22.6 Å². The number of nitrogens with zero attached hydrogens (tertiary/aromatic N) is 3. The molecular weight excluding hydrogens is 503 g/mol. The molecule has 1 aromatic rings. The maximum Gasteiger partial charge on any atom is 0.308 e. The summed E-state index contributed by atoms with van der Waals surface area (Å²) in [7, 11) is 3.30. The fourth-order valence-electron chi connectivity index (χ4n) is 5.05. The lowest BCUT2D eigenvalue weighted by Gasteiger charge is -2.35. The number of benzene rings is 1. The van der Waals surface area contributed by atoms with Crippen LogP contribution in [0.3, 0.4) is 0 Å². The molecule has 6 nitrogen and oxygen atoms in total. The van der Waals surface area contributed by atoms with Crippen LogP contribution < -0.4 is 5.32 Å². The van der Waals surface area contributed by atoms with Crippen LogP contribution in [0.5, 0.6) is 0 Å². The van der Waals surface area contributed by atoms with E-state index in [0.29, 0.717) is 0 Å². The molecule has 0 aromatic heterocycles. The number of carbonyl (C=O) groups excluding carboxylic acids is 1. The van der Waals surface area contributed by atoms with E-state index in [1.165, 1.54) is 37.7 Å². The number of guanidine groups is 1. The van der Waals surface area contributed by atoms with Gasteiger partial charge in [0.15, 0.2) is 5.96 Å². The number of hydrogen-bond donors (Lipinski definition) is 1. The highest BCUT2D eigenvalue weighted by Crippen LogP contribution is 2.23. The average Bonchev–Trinajstić information content (AvgIpc) is 2.74. The molecule has 2 fully saturated rings. The number of aliphatic imine (C=N–C) groups is 1. The first-order valence-electron chi connectivity index (χ1n) is 11.3. The maximum absolute atomic E-state index is 11.8. The van der Waals surface area contributed by atoms with Gasteiger partial charge in [0.05, 0.1) is 13.0 Å². The van der Waals surface area contributed by atoms with E-state index in [1.807, 2.05) is 7.05 Å². The van der Waals surface area contributed by atoms with Crippen LogP contribution in [0.2, 0.25) is 0 Å². The van der Waals surface area contributed by atoms with E-state index in [-0.39, 0.29) is 35.9 Å². The van der Waals surface area contributed by atoms with Gasteiger partial charge in [0.25, 0.3) is 0 Å². The highest BCUT2D eigenvalue weighted by Gasteiger charge is 2.27. The second kappa shape index (κ2) is 12.6. The van der Waals surface area contributed by atoms with Crippen LogP contribution in [0.25, 0.3) is 0 Å². The summed E-state index contributed by atoms with van der Waals surface area (Å²) >= 11 is 0. The second-order valence-electron chi connectivity index (χ2n) is 9.09. The number of likely N-dealkylation sites (tertiary alicyclic amines) is 2. The zero-order valence-corrected chi connectivity index (χ0v) is 21.8. The van der Waals surface area contributed by atoms with E-state index in [9.17, 15) is 4.79 Å². The third-order valence-corrected chi connectivity index (χ3v) is 6.43. The molecule has 1 aromatic carbocycles. The minimum Gasteiger partial charge on any atom is -0.469 e. The molecule has 7 heteroatoms. The number of hydrogen-bond acceptors (Lipinski definition) is 4. The monoisotopic (exact) mass is 542 g/mol. The van der Waals surface area contributed by atoms with Gasteiger partial charge in [0, 0.05) is 46.3 Å². The van der Waals surface area contributed by atoms with Crippen LogP contribution >= 0.6 is 24.0 Å². The van der Waals surface area contributed by atoms with Crippen molar-refractivity contribution < 1.29 is 9.53 Å². The Morgan fingerprint density at radius 3 is 2.32 bits per heavy atom. The Labute approximate surface area is 204 Å². The second-order valence-corrected chi connectivity index (χ2v) is 9.09. The lowest BCUT2D eigenvalue weighted by Crippen LogP contribution is -2.46. The number of piperidine rings is 2. The average molecular weight is 543 g/mol. The number of nitrogens with one attached hydrogen (secondary N) is 1. The van der Waals surface area contributed by atoms with Gasteiger partial charge in [-0.1, -0.05) is 38.1 Å². The van der Waals surface area contributed by atoms with Gasteiger partial charge in [-0.25, -0.2) is 0 Å². The third kappa shape index (κ3) is 7.34. The van der Waals surface area contributed by atoms with Crippen molar-refractivity contribution in [1.29, 1.82) is 0 Å². The minimum absolute atomic E-state index is 0. The lowest BCUT2D eigenvalue weighted by atomic mass is 9.91. The van der Waals surface area contributed by atoms with Crippen LogP contribution in [-0.4, -0.2) is 62.1 Å². The Hall–Kier alpha value is -1.35. The molecule has 31 heavy (non-hydrogen) atoms. The summed E-state index contributed by atoms with van der Waals surface area (Å²) in [6.45, 7) is 10.5. The van der Waals surface area contributed by atoms with Crippen molar-refractivity contribution in [1.82, 2.24) is 15.1 Å². The molecule has 2 atom stereocenters. The Kier molecular flexibility index (Phi) is 10.6. The van der Waals surface area contributed by atoms with Gasteiger partial charge in [-0.05, 0) is 42.2 Å². The lowest BCUT2D eigenvalue weighted by molar-refractivity contribution is -0.146. The number of ether oxygens (including phenoxy) is 1. The van der Waals surface area contributed by atoms with Crippen molar-refractivity contribution in [3.63, 3.8) is 0 Å². The van der Waals surface area contributed by atoms with Crippen molar-refractivity contribution in [3.05, 3.63) is 35.4 Å². The van der Waals surface area contributed by atoms with Gasteiger partial charge in [-0.3, -0.25) is 14.7 Å². The Morgan fingerprint density at radius 2 is 1.74 bits per heavy atom. The van der Waals surface area contributed by atoms with Crippen LogP contribution in [0.1, 0.15) is 44.2 Å². The van der Waals surface area contributed by atoms with Crippen LogP contribution in [0.15, 0.2) is 29.3 Å². The SMILES string of the molecule is CN=C(NCc1ccccc1CN1CC(C)CC(C)C1)N1CCC(C(=O)OC)CC1.I. The third-order valence-electron chi connectivity index (χ3n) is 6.43. The van der Waals surface area contributed by atoms with Gasteiger partial charge in [-0.2, -0.15) is 0 Å². The molecule has 3 rings (SSSR count). The number of esters is 1. The number of carbonyl (C=O) groups is 1. The molecule has 0 aliphatic carbocycles. The molecule has 2 unspecified atom stereocenters. The maximum atomic E-state index is 11.8. The smallest absolute Gasteiger partial charge is 0.308 e. The van der Waals surface area contributed by atoms with E-state index in [1.54, 1.807) is 0 Å². The molecule has 0 bridgehead atoms. The molecule has 2 aliphatic rings. The van der Waals surface area contributed by atoms with Crippen LogP contribution in [0.4, 0.5) is 0 Å². The van der Waals surface area contributed by atoms with Crippen molar-refractivity contribution in [2.75, 3.05) is 40.3 Å². The first-order valence-corrected chi connectivity index (χ1v) is 11.3. The van der Waals surface area contributed by atoms with Gasteiger partial charge in [0.1, 0.15) is 0 Å².